The lowest BCUT2D eigenvalue weighted by Gasteiger charge is -2.29. The molecule has 4 nitrogen and oxygen atoms in total. The number of amides is 1. The van der Waals surface area contributed by atoms with E-state index >= 15 is 0 Å². The molecule has 1 saturated carbocycles. The summed E-state index contributed by atoms with van der Waals surface area (Å²) in [4.78, 5) is 13.3. The van der Waals surface area contributed by atoms with Crippen LogP contribution in [-0.2, 0) is 4.79 Å². The Kier molecular flexibility index (Phi) is 7.18. The van der Waals surface area contributed by atoms with Gasteiger partial charge in [0.05, 0.1) is 7.05 Å². The molecule has 5 heteroatoms. The van der Waals surface area contributed by atoms with Gasteiger partial charge in [0, 0.05) is 11.1 Å². The van der Waals surface area contributed by atoms with Crippen molar-refractivity contribution < 1.29 is 14.4 Å². The van der Waals surface area contributed by atoms with Gasteiger partial charge in [-0.05, 0) is 43.0 Å². The largest absolute Gasteiger partial charge is 0.488 e. The number of rotatable bonds is 7. The molecule has 1 aromatic carbocycles. The van der Waals surface area contributed by atoms with Gasteiger partial charge in [-0.2, -0.15) is 0 Å². The Morgan fingerprint density at radius 3 is 2.70 bits per heavy atom. The number of carbonyl (C=O) groups is 1. The number of likely N-dealkylation sites (N-methyl/N-ethyl adjacent to an activating group) is 1. The topological polar surface area (TPSA) is 42.8 Å². The number of halogens is 1. The quantitative estimate of drug-likeness (QED) is 0.797. The maximum Gasteiger partial charge on any atom is 0.275 e. The second kappa shape index (κ2) is 9.14. The zero-order valence-electron chi connectivity index (χ0n) is 14.1. The van der Waals surface area contributed by atoms with Gasteiger partial charge in [0.25, 0.3) is 5.91 Å². The van der Waals surface area contributed by atoms with E-state index in [0.29, 0.717) is 30.1 Å². The van der Waals surface area contributed by atoms with Crippen molar-refractivity contribution in [2.45, 2.75) is 38.6 Å². The molecule has 1 unspecified atom stereocenters. The van der Waals surface area contributed by atoms with Crippen LogP contribution in [0.25, 0.3) is 0 Å². The van der Waals surface area contributed by atoms with Crippen LogP contribution in [0, 0.1) is 5.92 Å². The van der Waals surface area contributed by atoms with Crippen LogP contribution in [0.15, 0.2) is 24.3 Å². The van der Waals surface area contributed by atoms with Crippen LogP contribution in [0.5, 0.6) is 5.75 Å². The van der Waals surface area contributed by atoms with Crippen LogP contribution < -0.4 is 15.0 Å². The number of benzene rings is 1. The first-order chi connectivity index (χ1) is 11.0. The first-order valence-corrected chi connectivity index (χ1v) is 8.91. The summed E-state index contributed by atoms with van der Waals surface area (Å²) < 4.78 is 5.67. The predicted molar refractivity (Wildman–Crippen MR) is 93.1 cm³/mol. The monoisotopic (exact) mass is 339 g/mol. The molecule has 0 spiro atoms. The van der Waals surface area contributed by atoms with Crippen molar-refractivity contribution in [1.82, 2.24) is 5.32 Å². The smallest absolute Gasteiger partial charge is 0.275 e. The minimum absolute atomic E-state index is 0.146. The van der Waals surface area contributed by atoms with Crippen molar-refractivity contribution in [2.75, 3.05) is 26.7 Å². The maximum atomic E-state index is 12.2. The van der Waals surface area contributed by atoms with Gasteiger partial charge in [-0.25, -0.2) is 0 Å². The lowest BCUT2D eigenvalue weighted by Crippen LogP contribution is -3.10. The molecule has 1 aliphatic carbocycles. The molecule has 0 radical (unpaired) electrons. The average Bonchev–Trinajstić information content (AvgIpc) is 2.51. The van der Waals surface area contributed by atoms with Crippen LogP contribution >= 0.6 is 11.6 Å². The molecule has 1 amide bonds. The van der Waals surface area contributed by atoms with E-state index < -0.39 is 0 Å². The Labute approximate surface area is 144 Å². The minimum atomic E-state index is 0.146. The van der Waals surface area contributed by atoms with Gasteiger partial charge >= 0.3 is 0 Å². The maximum absolute atomic E-state index is 12.2. The lowest BCUT2D eigenvalue weighted by molar-refractivity contribution is -0.871. The summed E-state index contributed by atoms with van der Waals surface area (Å²) in [6.45, 7) is 4.10. The molecule has 0 bridgehead atoms. The molecule has 23 heavy (non-hydrogen) atoms. The van der Waals surface area contributed by atoms with Gasteiger partial charge in [-0.15, -0.1) is 0 Å². The van der Waals surface area contributed by atoms with Gasteiger partial charge < -0.3 is 15.0 Å². The second-order valence-electron chi connectivity index (χ2n) is 6.62. The zero-order chi connectivity index (χ0) is 16.7. The molecule has 128 valence electrons. The van der Waals surface area contributed by atoms with E-state index in [-0.39, 0.29) is 5.91 Å². The van der Waals surface area contributed by atoms with Gasteiger partial charge in [0.15, 0.2) is 6.54 Å². The molecular formula is C18H28ClN2O2+. The number of quaternary nitrogens is 1. The molecule has 1 aromatic rings. The average molecular weight is 340 g/mol. The van der Waals surface area contributed by atoms with Crippen molar-refractivity contribution in [3.05, 3.63) is 29.3 Å². The van der Waals surface area contributed by atoms with Crippen LogP contribution in [0.4, 0.5) is 0 Å². The van der Waals surface area contributed by atoms with E-state index in [1.54, 1.807) is 0 Å². The summed E-state index contributed by atoms with van der Waals surface area (Å²) in [6.07, 6.45) is 4.86. The fraction of sp³-hybridized carbons (Fsp3) is 0.611. The van der Waals surface area contributed by atoms with Crippen LogP contribution in [-0.4, -0.2) is 38.7 Å². The zero-order valence-corrected chi connectivity index (χ0v) is 14.9. The number of hydrogen-bond donors (Lipinski definition) is 2. The molecule has 0 saturated heterocycles. The summed E-state index contributed by atoms with van der Waals surface area (Å²) in [5.74, 6) is 1.55. The first-order valence-electron chi connectivity index (χ1n) is 8.53. The molecule has 1 aliphatic rings. The molecule has 1 fully saturated rings. The van der Waals surface area contributed by atoms with E-state index in [1.165, 1.54) is 19.3 Å². The van der Waals surface area contributed by atoms with Gasteiger partial charge in [0.2, 0.25) is 0 Å². The van der Waals surface area contributed by atoms with Crippen LogP contribution in [0.2, 0.25) is 5.02 Å². The Hall–Kier alpha value is -1.26. The fourth-order valence-electron chi connectivity index (χ4n) is 3.02. The van der Waals surface area contributed by atoms with Crippen molar-refractivity contribution in [2.24, 2.45) is 5.92 Å². The normalized spacial score (nSPS) is 22.4. The van der Waals surface area contributed by atoms with Crippen LogP contribution in [0.1, 0.15) is 32.6 Å². The van der Waals surface area contributed by atoms with E-state index in [1.807, 2.05) is 31.3 Å². The predicted octanol–water partition coefficient (Wildman–Crippen LogP) is 1.93. The molecule has 0 aromatic heterocycles. The highest BCUT2D eigenvalue weighted by Crippen LogP contribution is 2.23. The van der Waals surface area contributed by atoms with Gasteiger partial charge in [-0.1, -0.05) is 31.4 Å². The highest BCUT2D eigenvalue weighted by atomic mass is 35.5. The molecule has 2 rings (SSSR count). The Balaban J connectivity index is 1.64. The summed E-state index contributed by atoms with van der Waals surface area (Å²) in [7, 11) is 2.02. The van der Waals surface area contributed by atoms with Crippen molar-refractivity contribution in [3.8, 4) is 5.75 Å². The summed E-state index contributed by atoms with van der Waals surface area (Å²) in [5, 5.41) is 3.90. The van der Waals surface area contributed by atoms with E-state index in [0.717, 1.165) is 23.6 Å². The van der Waals surface area contributed by atoms with Crippen LogP contribution in [0.3, 0.4) is 0 Å². The first kappa shape index (κ1) is 18.1. The highest BCUT2D eigenvalue weighted by Gasteiger charge is 2.23. The fourth-order valence-corrected chi connectivity index (χ4v) is 3.15. The lowest BCUT2D eigenvalue weighted by atomic mass is 9.86. The minimum Gasteiger partial charge on any atom is -0.488 e. The molecular weight excluding hydrogens is 312 g/mol. The van der Waals surface area contributed by atoms with Crippen molar-refractivity contribution in [1.29, 1.82) is 0 Å². The van der Waals surface area contributed by atoms with Crippen molar-refractivity contribution >= 4 is 17.5 Å². The van der Waals surface area contributed by atoms with Gasteiger partial charge in [-0.3, -0.25) is 4.79 Å². The SMILES string of the molecule is C[C@@H]1CCCC[C@H]1NC(=O)C[NH+](C)CCOc1ccc(Cl)cc1. The molecule has 3 atom stereocenters. The number of ether oxygens (including phenoxy) is 1. The Bertz CT molecular complexity index is 492. The summed E-state index contributed by atoms with van der Waals surface area (Å²) in [6, 6.07) is 7.69. The number of hydrogen-bond acceptors (Lipinski definition) is 2. The standard InChI is InChI=1S/C18H27ClN2O2/c1-14-5-3-4-6-17(14)20-18(22)13-21(2)11-12-23-16-9-7-15(19)8-10-16/h7-10,14,17H,3-6,11-13H2,1-2H3,(H,20,22)/p+1/t14-,17-/m1/s1. The third-order valence-corrected chi connectivity index (χ3v) is 4.78. The number of nitrogens with one attached hydrogen (secondary N) is 2. The Morgan fingerprint density at radius 2 is 2.00 bits per heavy atom. The molecule has 0 aliphatic heterocycles. The third kappa shape index (κ3) is 6.40. The number of carbonyl (C=O) groups excluding carboxylic acids is 1. The molecule has 2 N–H and O–H groups in total. The van der Waals surface area contributed by atoms with E-state index in [4.69, 9.17) is 16.3 Å². The molecule has 0 heterocycles. The van der Waals surface area contributed by atoms with E-state index in [2.05, 4.69) is 12.2 Å². The van der Waals surface area contributed by atoms with E-state index in [9.17, 15) is 4.79 Å². The second-order valence-corrected chi connectivity index (χ2v) is 7.06. The summed E-state index contributed by atoms with van der Waals surface area (Å²) >= 11 is 5.84. The summed E-state index contributed by atoms with van der Waals surface area (Å²) in [5.41, 5.74) is 0. The van der Waals surface area contributed by atoms with Gasteiger partial charge in [0.1, 0.15) is 18.9 Å². The van der Waals surface area contributed by atoms with Crippen molar-refractivity contribution in [3.63, 3.8) is 0 Å². The Morgan fingerprint density at radius 1 is 1.30 bits per heavy atom. The highest BCUT2D eigenvalue weighted by molar-refractivity contribution is 6.30. The third-order valence-electron chi connectivity index (χ3n) is 4.53.